The summed E-state index contributed by atoms with van der Waals surface area (Å²) in [5.41, 5.74) is 3.52. The molecule has 1 aliphatic heterocycles. The van der Waals surface area contributed by atoms with Crippen LogP contribution in [0.4, 0.5) is 0 Å². The molecule has 1 saturated heterocycles. The summed E-state index contributed by atoms with van der Waals surface area (Å²) in [4.78, 5) is 24.0. The Morgan fingerprint density at radius 1 is 1.22 bits per heavy atom. The first kappa shape index (κ1) is 26.0. The number of aromatic nitrogens is 1. The molecule has 9 atom stereocenters. The van der Waals surface area contributed by atoms with Crippen molar-refractivity contribution in [3.8, 4) is 0 Å². The molecule has 37 heavy (non-hydrogen) atoms. The standard InChI is InChI=1S/C32H49N3OS/c1-8-19(2)29-33-20(3)28(37-29)30(36)35(7)23-13-15-31(5)22(17-23)9-10-24-26(31)14-16-32-18-34(6)21(4)25(32)11-12-27(24)32/h9,19,21,23-27H,8,10-18H2,1-7H3. The average molecular weight is 524 g/mol. The maximum absolute atomic E-state index is 13.6. The van der Waals surface area contributed by atoms with Crippen LogP contribution in [0.25, 0.3) is 0 Å². The van der Waals surface area contributed by atoms with E-state index in [1.807, 2.05) is 14.0 Å². The second kappa shape index (κ2) is 9.18. The number of hydrogen-bond donors (Lipinski definition) is 0. The molecule has 4 aliphatic carbocycles. The third-order valence-electron chi connectivity index (χ3n) is 12.6. The summed E-state index contributed by atoms with van der Waals surface area (Å²) in [5, 5.41) is 1.11. The fraction of sp³-hybridized carbons (Fsp3) is 0.812. The van der Waals surface area contributed by atoms with E-state index in [0.29, 0.717) is 22.8 Å². The Hall–Kier alpha value is -1.20. The minimum Gasteiger partial charge on any atom is -0.338 e. The highest BCUT2D eigenvalue weighted by atomic mass is 32.1. The summed E-state index contributed by atoms with van der Waals surface area (Å²) in [6, 6.07) is 1.07. The van der Waals surface area contributed by atoms with Crippen molar-refractivity contribution < 1.29 is 4.79 Å². The lowest BCUT2D eigenvalue weighted by molar-refractivity contribution is -0.0430. The third kappa shape index (κ3) is 3.76. The first-order valence-electron chi connectivity index (χ1n) is 15.2. The Morgan fingerprint density at radius 2 is 1.97 bits per heavy atom. The predicted molar refractivity (Wildman–Crippen MR) is 153 cm³/mol. The van der Waals surface area contributed by atoms with Gasteiger partial charge in [-0.15, -0.1) is 11.3 Å². The molecule has 9 unspecified atom stereocenters. The lowest BCUT2D eigenvalue weighted by Crippen LogP contribution is -2.53. The van der Waals surface area contributed by atoms with E-state index in [2.05, 4.69) is 50.6 Å². The normalized spacial score (nSPS) is 41.9. The van der Waals surface area contributed by atoms with Crippen LogP contribution >= 0.6 is 11.3 Å². The van der Waals surface area contributed by atoms with Gasteiger partial charge in [0.05, 0.1) is 10.7 Å². The van der Waals surface area contributed by atoms with Crippen LogP contribution in [0.5, 0.6) is 0 Å². The fourth-order valence-electron chi connectivity index (χ4n) is 10.1. The maximum Gasteiger partial charge on any atom is 0.265 e. The number of fused-ring (bicyclic) bond motifs is 4. The number of allylic oxidation sites excluding steroid dienone is 1. The number of nitrogens with zero attached hydrogens (tertiary/aromatic N) is 3. The van der Waals surface area contributed by atoms with Crippen LogP contribution < -0.4 is 0 Å². The maximum atomic E-state index is 13.6. The summed E-state index contributed by atoms with van der Waals surface area (Å²) < 4.78 is 0. The van der Waals surface area contributed by atoms with Crippen LogP contribution in [-0.2, 0) is 0 Å². The van der Waals surface area contributed by atoms with Crippen LogP contribution in [0, 0.1) is 41.4 Å². The van der Waals surface area contributed by atoms with Crippen LogP contribution in [0.15, 0.2) is 11.6 Å². The van der Waals surface area contributed by atoms with Crippen LogP contribution in [0.1, 0.15) is 112 Å². The summed E-state index contributed by atoms with van der Waals surface area (Å²) in [6.45, 7) is 12.9. The summed E-state index contributed by atoms with van der Waals surface area (Å²) >= 11 is 1.63. The zero-order chi connectivity index (χ0) is 26.3. The first-order chi connectivity index (χ1) is 17.6. The monoisotopic (exact) mass is 523 g/mol. The number of hydrogen-bond acceptors (Lipinski definition) is 4. The summed E-state index contributed by atoms with van der Waals surface area (Å²) in [6.07, 6.45) is 14.2. The molecule has 0 aromatic carbocycles. The number of aryl methyl sites for hydroxylation is 1. The van der Waals surface area contributed by atoms with Gasteiger partial charge < -0.3 is 9.80 Å². The highest BCUT2D eigenvalue weighted by Crippen LogP contribution is 2.68. The van der Waals surface area contributed by atoms with Gasteiger partial charge in [0.15, 0.2) is 0 Å². The Kier molecular flexibility index (Phi) is 6.46. The van der Waals surface area contributed by atoms with Gasteiger partial charge in [0.2, 0.25) is 0 Å². The fourth-order valence-corrected chi connectivity index (χ4v) is 11.3. The number of rotatable bonds is 4. The lowest BCUT2D eigenvalue weighted by Gasteiger charge is -2.58. The minimum atomic E-state index is 0.184. The molecule has 6 rings (SSSR count). The van der Waals surface area contributed by atoms with Gasteiger partial charge in [-0.1, -0.05) is 32.4 Å². The molecule has 204 valence electrons. The highest BCUT2D eigenvalue weighted by Gasteiger charge is 2.64. The van der Waals surface area contributed by atoms with Crippen molar-refractivity contribution in [2.24, 2.45) is 34.5 Å². The van der Waals surface area contributed by atoms with Gasteiger partial charge >= 0.3 is 0 Å². The predicted octanol–water partition coefficient (Wildman–Crippen LogP) is 7.30. The molecule has 4 nitrogen and oxygen atoms in total. The van der Waals surface area contributed by atoms with Gasteiger partial charge in [0.25, 0.3) is 5.91 Å². The van der Waals surface area contributed by atoms with Crippen molar-refractivity contribution in [1.82, 2.24) is 14.8 Å². The van der Waals surface area contributed by atoms with Crippen molar-refractivity contribution in [2.45, 2.75) is 110 Å². The van der Waals surface area contributed by atoms with E-state index in [4.69, 9.17) is 4.98 Å². The summed E-state index contributed by atoms with van der Waals surface area (Å²) in [7, 11) is 4.42. The van der Waals surface area contributed by atoms with Crippen LogP contribution in [0.3, 0.4) is 0 Å². The lowest BCUT2D eigenvalue weighted by atomic mass is 9.47. The van der Waals surface area contributed by atoms with Gasteiger partial charge in [0, 0.05) is 31.6 Å². The van der Waals surface area contributed by atoms with E-state index in [-0.39, 0.29) is 5.91 Å². The number of carbonyl (C=O) groups excluding carboxylic acids is 1. The van der Waals surface area contributed by atoms with Gasteiger partial charge in [-0.3, -0.25) is 4.79 Å². The third-order valence-corrected chi connectivity index (χ3v) is 14.0. The number of amides is 1. The average Bonchev–Trinajstić information content (AvgIpc) is 3.53. The van der Waals surface area contributed by atoms with Crippen molar-refractivity contribution in [1.29, 1.82) is 0 Å². The quantitative estimate of drug-likeness (QED) is 0.389. The molecule has 1 spiro atoms. The van der Waals surface area contributed by atoms with Gasteiger partial charge in [-0.2, -0.15) is 0 Å². The molecule has 0 radical (unpaired) electrons. The zero-order valence-corrected chi connectivity index (χ0v) is 25.2. The van der Waals surface area contributed by atoms with E-state index in [0.717, 1.165) is 64.6 Å². The van der Waals surface area contributed by atoms with Gasteiger partial charge in [0.1, 0.15) is 4.88 Å². The minimum absolute atomic E-state index is 0.184. The SMILES string of the molecule is CCC(C)c1nc(C)c(C(=O)N(C)C2CCC3(C)C(=CCC4C3CCC35CN(C)C(C)C3CCC45)C2)s1. The van der Waals surface area contributed by atoms with E-state index >= 15 is 0 Å². The van der Waals surface area contributed by atoms with Crippen molar-refractivity contribution >= 4 is 17.2 Å². The van der Waals surface area contributed by atoms with Crippen LogP contribution in [0.2, 0.25) is 0 Å². The molecule has 5 aliphatic rings. The van der Waals surface area contributed by atoms with E-state index < -0.39 is 0 Å². The molecule has 0 bridgehead atoms. The Bertz CT molecular complexity index is 1090. The number of thiazole rings is 1. The smallest absolute Gasteiger partial charge is 0.265 e. The number of carbonyl (C=O) groups is 1. The molecule has 5 heteroatoms. The number of likely N-dealkylation sites (tertiary alicyclic amines) is 1. The van der Waals surface area contributed by atoms with E-state index in [9.17, 15) is 4.79 Å². The Labute approximate surface area is 229 Å². The van der Waals surface area contributed by atoms with Gasteiger partial charge in [-0.25, -0.2) is 4.98 Å². The molecule has 3 saturated carbocycles. The van der Waals surface area contributed by atoms with E-state index in [1.165, 1.54) is 45.1 Å². The molecule has 1 aromatic heterocycles. The molecular formula is C32H49N3OS. The topological polar surface area (TPSA) is 36.4 Å². The van der Waals surface area contributed by atoms with Crippen molar-refractivity contribution in [3.63, 3.8) is 0 Å². The molecule has 1 amide bonds. The Morgan fingerprint density at radius 3 is 2.73 bits per heavy atom. The second-order valence-electron chi connectivity index (χ2n) is 14.0. The van der Waals surface area contributed by atoms with E-state index in [1.54, 1.807) is 16.9 Å². The first-order valence-corrected chi connectivity index (χ1v) is 16.1. The highest BCUT2D eigenvalue weighted by molar-refractivity contribution is 7.13. The largest absolute Gasteiger partial charge is 0.338 e. The molecule has 0 N–H and O–H groups in total. The zero-order valence-electron chi connectivity index (χ0n) is 24.3. The van der Waals surface area contributed by atoms with Crippen LogP contribution in [-0.4, -0.2) is 53.4 Å². The van der Waals surface area contributed by atoms with Crippen molar-refractivity contribution in [3.05, 3.63) is 27.2 Å². The molecular weight excluding hydrogens is 474 g/mol. The molecule has 4 fully saturated rings. The molecule has 2 heterocycles. The second-order valence-corrected chi connectivity index (χ2v) is 15.0. The van der Waals surface area contributed by atoms with Gasteiger partial charge in [-0.05, 0) is 113 Å². The molecule has 1 aromatic rings. The summed E-state index contributed by atoms with van der Waals surface area (Å²) in [5.74, 6) is 4.17. The Balaban J connectivity index is 1.20. The van der Waals surface area contributed by atoms with Crippen molar-refractivity contribution in [2.75, 3.05) is 20.6 Å².